The first kappa shape index (κ1) is 54.9. The Kier molecular flexibility index (Phi) is 38.4. The lowest BCUT2D eigenvalue weighted by Gasteiger charge is -2.39. The van der Waals surface area contributed by atoms with Crippen molar-refractivity contribution in [1.82, 2.24) is 0 Å². The van der Waals surface area contributed by atoms with E-state index < -0.39 is 43.4 Å². The number of hydrogen-bond donors (Lipinski definition) is 4. The van der Waals surface area contributed by atoms with Crippen molar-refractivity contribution in [3.63, 3.8) is 0 Å². The molecule has 1 aliphatic rings. The zero-order valence-corrected chi connectivity index (χ0v) is 37.5. The standard InChI is InChI=1S/C50H88O9/c1-3-5-7-9-11-13-15-17-19-20-21-22-23-24-25-27-29-31-33-35-37-39-46(52)58-44(43-57-50-49(55)48(54)47(53)45(41-51)59-50)42-56-40-38-36-34-32-30-28-26-18-16-14-12-10-8-6-4-2/h10,12,15-18,20-21,23-24,44-45,47-51,53-55H,3-9,11,13-14,19,22,25-43H2,1-2H3/b12-10-,17-15-,18-16-,21-20-,24-23-. The fourth-order valence-corrected chi connectivity index (χ4v) is 6.87. The van der Waals surface area contributed by atoms with Crippen LogP contribution in [0.5, 0.6) is 0 Å². The summed E-state index contributed by atoms with van der Waals surface area (Å²) in [5.74, 6) is -0.331. The summed E-state index contributed by atoms with van der Waals surface area (Å²) in [6.07, 6.45) is 45.3. The molecule has 59 heavy (non-hydrogen) atoms. The van der Waals surface area contributed by atoms with Crippen LogP contribution in [0.4, 0.5) is 0 Å². The Balaban J connectivity index is 2.26. The van der Waals surface area contributed by atoms with Crippen LogP contribution in [0.15, 0.2) is 60.8 Å². The SMILES string of the molecule is CCCC/C=C\C/C=C\CCCCCCCCOCC(COC1OC(CO)C(O)C(O)C1O)OC(=O)CCCCCCCC/C=C\C/C=C\C/C=C\CCCCCCC. The van der Waals surface area contributed by atoms with Gasteiger partial charge in [0.2, 0.25) is 0 Å². The van der Waals surface area contributed by atoms with Crippen molar-refractivity contribution in [2.24, 2.45) is 0 Å². The number of aliphatic hydroxyl groups is 4. The molecular weight excluding hydrogens is 745 g/mol. The summed E-state index contributed by atoms with van der Waals surface area (Å²) in [6, 6.07) is 0. The number of rotatable bonds is 40. The molecule has 1 saturated heterocycles. The van der Waals surface area contributed by atoms with Gasteiger partial charge in [0.25, 0.3) is 0 Å². The second-order valence-electron chi connectivity index (χ2n) is 16.2. The third kappa shape index (κ3) is 32.3. The predicted molar refractivity (Wildman–Crippen MR) is 242 cm³/mol. The highest BCUT2D eigenvalue weighted by molar-refractivity contribution is 5.69. The summed E-state index contributed by atoms with van der Waals surface area (Å²) >= 11 is 0. The minimum absolute atomic E-state index is 0.126. The fraction of sp³-hybridized carbons (Fsp3) is 0.780. The molecule has 1 rings (SSSR count). The highest BCUT2D eigenvalue weighted by Crippen LogP contribution is 2.22. The Morgan fingerprint density at radius 1 is 0.542 bits per heavy atom. The van der Waals surface area contributed by atoms with E-state index in [1.807, 2.05) is 0 Å². The Hall–Kier alpha value is -2.11. The van der Waals surface area contributed by atoms with E-state index in [0.717, 1.165) is 77.0 Å². The normalized spacial score (nSPS) is 20.7. The summed E-state index contributed by atoms with van der Waals surface area (Å²) < 4.78 is 22.8. The molecule has 9 nitrogen and oxygen atoms in total. The van der Waals surface area contributed by atoms with E-state index in [1.54, 1.807) is 0 Å². The smallest absolute Gasteiger partial charge is 0.306 e. The molecule has 4 N–H and O–H groups in total. The molecule has 0 aromatic heterocycles. The van der Waals surface area contributed by atoms with Crippen LogP contribution in [0.1, 0.15) is 187 Å². The minimum Gasteiger partial charge on any atom is -0.457 e. The maximum Gasteiger partial charge on any atom is 0.306 e. The predicted octanol–water partition coefficient (Wildman–Crippen LogP) is 11.1. The minimum atomic E-state index is -1.54. The van der Waals surface area contributed by atoms with Gasteiger partial charge in [-0.15, -0.1) is 0 Å². The van der Waals surface area contributed by atoms with Gasteiger partial charge in [0.15, 0.2) is 6.29 Å². The Morgan fingerprint density at radius 3 is 1.53 bits per heavy atom. The van der Waals surface area contributed by atoms with E-state index in [1.165, 1.54) is 89.9 Å². The summed E-state index contributed by atoms with van der Waals surface area (Å²) in [5, 5.41) is 40.2. The van der Waals surface area contributed by atoms with Gasteiger partial charge in [0.1, 0.15) is 30.5 Å². The Bertz CT molecular complexity index is 1080. The summed E-state index contributed by atoms with van der Waals surface area (Å²) in [7, 11) is 0. The van der Waals surface area contributed by atoms with Gasteiger partial charge < -0.3 is 39.4 Å². The van der Waals surface area contributed by atoms with Gasteiger partial charge >= 0.3 is 5.97 Å². The molecule has 9 heteroatoms. The lowest BCUT2D eigenvalue weighted by atomic mass is 9.99. The summed E-state index contributed by atoms with van der Waals surface area (Å²) in [6.45, 7) is 4.46. The van der Waals surface area contributed by atoms with Crippen molar-refractivity contribution >= 4 is 5.97 Å². The first-order valence-electron chi connectivity index (χ1n) is 23.9. The third-order valence-electron chi connectivity index (χ3n) is 10.7. The highest BCUT2D eigenvalue weighted by Gasteiger charge is 2.44. The van der Waals surface area contributed by atoms with Gasteiger partial charge in [0.05, 0.1) is 19.8 Å². The molecule has 0 saturated carbocycles. The van der Waals surface area contributed by atoms with Gasteiger partial charge in [-0.05, 0) is 77.0 Å². The molecule has 1 aliphatic heterocycles. The number of esters is 1. The molecule has 0 aliphatic carbocycles. The van der Waals surface area contributed by atoms with Gasteiger partial charge in [-0.3, -0.25) is 4.79 Å². The zero-order valence-electron chi connectivity index (χ0n) is 37.5. The number of hydrogen-bond acceptors (Lipinski definition) is 9. The molecule has 0 spiro atoms. The van der Waals surface area contributed by atoms with Crippen LogP contribution in [0.3, 0.4) is 0 Å². The molecule has 0 aromatic carbocycles. The summed E-state index contributed by atoms with van der Waals surface area (Å²) in [4.78, 5) is 12.8. The second-order valence-corrected chi connectivity index (χ2v) is 16.2. The largest absolute Gasteiger partial charge is 0.457 e. The van der Waals surface area contributed by atoms with Crippen LogP contribution in [0, 0.1) is 0 Å². The first-order chi connectivity index (χ1) is 28.9. The maximum absolute atomic E-state index is 12.8. The van der Waals surface area contributed by atoms with Gasteiger partial charge in [-0.25, -0.2) is 0 Å². The van der Waals surface area contributed by atoms with Gasteiger partial charge in [-0.1, -0.05) is 164 Å². The molecule has 1 heterocycles. The number of allylic oxidation sites excluding steroid dienone is 10. The maximum atomic E-state index is 12.8. The van der Waals surface area contributed by atoms with E-state index in [4.69, 9.17) is 18.9 Å². The highest BCUT2D eigenvalue weighted by atomic mass is 16.7. The number of carbonyl (C=O) groups excluding carboxylic acids is 1. The average molecular weight is 833 g/mol. The Labute approximate surface area is 360 Å². The van der Waals surface area contributed by atoms with Crippen molar-refractivity contribution in [3.8, 4) is 0 Å². The van der Waals surface area contributed by atoms with Crippen molar-refractivity contribution < 1.29 is 44.2 Å². The molecule has 0 radical (unpaired) electrons. The number of unbranched alkanes of at least 4 members (excludes halogenated alkanes) is 19. The van der Waals surface area contributed by atoms with Crippen LogP contribution in [0.25, 0.3) is 0 Å². The van der Waals surface area contributed by atoms with Crippen molar-refractivity contribution in [1.29, 1.82) is 0 Å². The van der Waals surface area contributed by atoms with E-state index in [9.17, 15) is 25.2 Å². The summed E-state index contributed by atoms with van der Waals surface area (Å²) in [5.41, 5.74) is 0. The van der Waals surface area contributed by atoms with E-state index >= 15 is 0 Å². The monoisotopic (exact) mass is 833 g/mol. The average Bonchev–Trinajstić information content (AvgIpc) is 3.24. The molecule has 342 valence electrons. The van der Waals surface area contributed by atoms with Crippen LogP contribution >= 0.6 is 0 Å². The van der Waals surface area contributed by atoms with Crippen LogP contribution in [-0.2, 0) is 23.7 Å². The topological polar surface area (TPSA) is 135 Å². The molecule has 6 unspecified atom stereocenters. The number of ether oxygens (including phenoxy) is 4. The lowest BCUT2D eigenvalue weighted by molar-refractivity contribution is -0.305. The van der Waals surface area contributed by atoms with Crippen LogP contribution in [0.2, 0.25) is 0 Å². The lowest BCUT2D eigenvalue weighted by Crippen LogP contribution is -2.59. The molecule has 0 bridgehead atoms. The van der Waals surface area contributed by atoms with E-state index in [0.29, 0.717) is 13.0 Å². The number of carbonyl (C=O) groups is 1. The molecule has 6 atom stereocenters. The molecule has 0 amide bonds. The molecule has 1 fully saturated rings. The van der Waals surface area contributed by atoms with Crippen molar-refractivity contribution in [3.05, 3.63) is 60.8 Å². The van der Waals surface area contributed by atoms with Crippen molar-refractivity contribution in [2.75, 3.05) is 26.4 Å². The first-order valence-corrected chi connectivity index (χ1v) is 23.9. The third-order valence-corrected chi connectivity index (χ3v) is 10.7. The number of aliphatic hydroxyl groups excluding tert-OH is 4. The fourth-order valence-electron chi connectivity index (χ4n) is 6.87. The van der Waals surface area contributed by atoms with Crippen molar-refractivity contribution in [2.45, 2.75) is 224 Å². The second kappa shape index (κ2) is 41.3. The van der Waals surface area contributed by atoms with E-state index in [2.05, 4.69) is 74.6 Å². The molecule has 0 aromatic rings. The van der Waals surface area contributed by atoms with Crippen LogP contribution < -0.4 is 0 Å². The van der Waals surface area contributed by atoms with Gasteiger partial charge in [0, 0.05) is 13.0 Å². The quantitative estimate of drug-likeness (QED) is 0.0270. The van der Waals surface area contributed by atoms with Gasteiger partial charge in [-0.2, -0.15) is 0 Å². The van der Waals surface area contributed by atoms with Crippen LogP contribution in [-0.4, -0.2) is 89.6 Å². The van der Waals surface area contributed by atoms with E-state index in [-0.39, 0.29) is 19.2 Å². The molecular formula is C50H88O9. The Morgan fingerprint density at radius 2 is 1.00 bits per heavy atom. The zero-order chi connectivity index (χ0) is 42.9.